The highest BCUT2D eigenvalue weighted by molar-refractivity contribution is 5.85. The summed E-state index contributed by atoms with van der Waals surface area (Å²) in [5, 5.41) is 0. The molecule has 0 bridgehead atoms. The lowest BCUT2D eigenvalue weighted by Gasteiger charge is -2.15. The lowest BCUT2D eigenvalue weighted by atomic mass is 10.0. The molecule has 0 spiro atoms. The fourth-order valence-corrected chi connectivity index (χ4v) is 2.10. The van der Waals surface area contributed by atoms with Gasteiger partial charge in [0.15, 0.2) is 11.5 Å². The van der Waals surface area contributed by atoms with E-state index in [1.54, 1.807) is 6.07 Å². The van der Waals surface area contributed by atoms with Crippen molar-refractivity contribution in [3.63, 3.8) is 0 Å². The Balaban J connectivity index is 0.00000288. The van der Waals surface area contributed by atoms with Gasteiger partial charge in [-0.2, -0.15) is 0 Å². The summed E-state index contributed by atoms with van der Waals surface area (Å²) < 4.78 is 46.7. The summed E-state index contributed by atoms with van der Waals surface area (Å²) >= 11 is 0. The van der Waals surface area contributed by atoms with Gasteiger partial charge in [0.05, 0.1) is 0 Å². The van der Waals surface area contributed by atoms with Crippen molar-refractivity contribution in [3.05, 3.63) is 47.5 Å². The Morgan fingerprint density at radius 3 is 2.12 bits per heavy atom. The maximum Gasteiger partial charge on any atom is 0.573 e. The van der Waals surface area contributed by atoms with E-state index in [1.807, 2.05) is 32.0 Å². The molecular weight excluding hydrogens is 343 g/mol. The molecule has 2 rings (SSSR count). The predicted octanol–water partition coefficient (Wildman–Crippen LogP) is 4.63. The largest absolute Gasteiger partial charge is 0.573 e. The molecule has 0 saturated carbocycles. The molecule has 0 aliphatic carbocycles. The van der Waals surface area contributed by atoms with E-state index in [4.69, 9.17) is 10.5 Å². The highest BCUT2D eigenvalue weighted by Crippen LogP contribution is 2.36. The number of halogens is 4. The first-order chi connectivity index (χ1) is 10.8. The van der Waals surface area contributed by atoms with Gasteiger partial charge in [-0.3, -0.25) is 0 Å². The Morgan fingerprint density at radius 1 is 0.917 bits per heavy atom. The fourth-order valence-electron chi connectivity index (χ4n) is 2.10. The quantitative estimate of drug-likeness (QED) is 0.844. The van der Waals surface area contributed by atoms with E-state index in [0.717, 1.165) is 22.3 Å². The normalized spacial score (nSPS) is 10.9. The molecule has 2 aromatic rings. The van der Waals surface area contributed by atoms with Crippen molar-refractivity contribution in [2.45, 2.75) is 20.2 Å². The van der Waals surface area contributed by atoms with Gasteiger partial charge in [-0.05, 0) is 48.2 Å². The Bertz CT molecular complexity index is 690. The first-order valence-electron chi connectivity index (χ1n) is 7.10. The summed E-state index contributed by atoms with van der Waals surface area (Å²) in [6.07, 6.45) is -4.78. The molecule has 0 heterocycles. The highest BCUT2D eigenvalue weighted by atomic mass is 35.5. The second-order valence-electron chi connectivity index (χ2n) is 5.15. The van der Waals surface area contributed by atoms with Crippen LogP contribution in [-0.2, 0) is 0 Å². The van der Waals surface area contributed by atoms with E-state index in [2.05, 4.69) is 4.74 Å². The Morgan fingerprint density at radius 2 is 1.54 bits per heavy atom. The van der Waals surface area contributed by atoms with Crippen molar-refractivity contribution in [2.75, 3.05) is 13.2 Å². The average molecular weight is 362 g/mol. The number of hydrogen-bond donors (Lipinski definition) is 1. The molecule has 24 heavy (non-hydrogen) atoms. The van der Waals surface area contributed by atoms with E-state index in [-0.39, 0.29) is 37.1 Å². The molecule has 2 N–H and O–H groups in total. The van der Waals surface area contributed by atoms with Crippen LogP contribution in [0.1, 0.15) is 11.1 Å². The van der Waals surface area contributed by atoms with E-state index in [0.29, 0.717) is 0 Å². The van der Waals surface area contributed by atoms with Crippen molar-refractivity contribution in [1.29, 1.82) is 0 Å². The van der Waals surface area contributed by atoms with Gasteiger partial charge in [0.1, 0.15) is 6.61 Å². The van der Waals surface area contributed by atoms with Crippen LogP contribution >= 0.6 is 12.4 Å². The van der Waals surface area contributed by atoms with Gasteiger partial charge in [-0.25, -0.2) is 0 Å². The van der Waals surface area contributed by atoms with Crippen LogP contribution in [0, 0.1) is 13.8 Å². The van der Waals surface area contributed by atoms with Gasteiger partial charge >= 0.3 is 6.36 Å². The molecule has 0 amide bonds. The second-order valence-corrected chi connectivity index (χ2v) is 5.15. The maximum atomic E-state index is 12.5. The SMILES string of the molecule is Cc1ccc(-c2ccc(OC(F)(F)F)c(OCCN)c2)cc1C.Cl. The third-order valence-corrected chi connectivity index (χ3v) is 3.39. The predicted molar refractivity (Wildman–Crippen MR) is 89.8 cm³/mol. The van der Waals surface area contributed by atoms with Gasteiger partial charge in [0, 0.05) is 6.54 Å². The Labute approximate surface area is 145 Å². The minimum Gasteiger partial charge on any atom is -0.488 e. The molecule has 0 fully saturated rings. The van der Waals surface area contributed by atoms with Gasteiger partial charge in [-0.1, -0.05) is 24.3 Å². The molecule has 0 saturated heterocycles. The van der Waals surface area contributed by atoms with Crippen LogP contribution in [0.2, 0.25) is 0 Å². The van der Waals surface area contributed by atoms with Crippen LogP contribution in [0.15, 0.2) is 36.4 Å². The van der Waals surface area contributed by atoms with Gasteiger partial charge in [0.2, 0.25) is 0 Å². The monoisotopic (exact) mass is 361 g/mol. The maximum absolute atomic E-state index is 12.5. The molecule has 0 aliphatic rings. The van der Waals surface area contributed by atoms with Crippen molar-refractivity contribution in [1.82, 2.24) is 0 Å². The number of aryl methyl sites for hydroxylation is 2. The van der Waals surface area contributed by atoms with Crippen LogP contribution in [0.25, 0.3) is 11.1 Å². The molecule has 3 nitrogen and oxygen atoms in total. The van der Waals surface area contributed by atoms with Crippen molar-refractivity contribution < 1.29 is 22.6 Å². The minimum atomic E-state index is -4.78. The third kappa shape index (κ3) is 5.32. The summed E-state index contributed by atoms with van der Waals surface area (Å²) in [5.41, 5.74) is 9.23. The van der Waals surface area contributed by atoms with Crippen LogP contribution in [0.4, 0.5) is 13.2 Å². The van der Waals surface area contributed by atoms with E-state index in [9.17, 15) is 13.2 Å². The minimum absolute atomic E-state index is 0. The van der Waals surface area contributed by atoms with E-state index in [1.165, 1.54) is 12.1 Å². The van der Waals surface area contributed by atoms with Gasteiger partial charge < -0.3 is 15.2 Å². The smallest absolute Gasteiger partial charge is 0.488 e. The van der Waals surface area contributed by atoms with Crippen molar-refractivity contribution in [2.24, 2.45) is 5.73 Å². The highest BCUT2D eigenvalue weighted by Gasteiger charge is 2.32. The van der Waals surface area contributed by atoms with Crippen molar-refractivity contribution in [3.8, 4) is 22.6 Å². The topological polar surface area (TPSA) is 44.5 Å². The van der Waals surface area contributed by atoms with Crippen LogP contribution in [0.3, 0.4) is 0 Å². The van der Waals surface area contributed by atoms with Crippen molar-refractivity contribution >= 4 is 12.4 Å². The van der Waals surface area contributed by atoms with E-state index >= 15 is 0 Å². The number of alkyl halides is 3. The van der Waals surface area contributed by atoms with E-state index < -0.39 is 6.36 Å². The van der Waals surface area contributed by atoms with Crippen LogP contribution in [-0.4, -0.2) is 19.5 Å². The number of hydrogen-bond acceptors (Lipinski definition) is 3. The fraction of sp³-hybridized carbons (Fsp3) is 0.294. The van der Waals surface area contributed by atoms with Gasteiger partial charge in [0.25, 0.3) is 0 Å². The molecule has 0 atom stereocenters. The lowest BCUT2D eigenvalue weighted by Crippen LogP contribution is -2.18. The number of rotatable bonds is 5. The zero-order valence-corrected chi connectivity index (χ0v) is 14.1. The third-order valence-electron chi connectivity index (χ3n) is 3.39. The lowest BCUT2D eigenvalue weighted by molar-refractivity contribution is -0.275. The molecule has 0 aliphatic heterocycles. The van der Waals surface area contributed by atoms with Crippen LogP contribution in [0.5, 0.6) is 11.5 Å². The summed E-state index contributed by atoms with van der Waals surface area (Å²) in [5.74, 6) is -0.359. The van der Waals surface area contributed by atoms with Crippen LogP contribution < -0.4 is 15.2 Å². The average Bonchev–Trinajstić information content (AvgIpc) is 2.47. The number of ether oxygens (including phenoxy) is 2. The molecule has 132 valence electrons. The number of nitrogens with two attached hydrogens (primary N) is 1. The standard InChI is InChI=1S/C17H18F3NO2.ClH/c1-11-3-4-13(9-12(11)2)14-5-6-15(23-17(18,19)20)16(10-14)22-8-7-21;/h3-6,9-10H,7-8,21H2,1-2H3;1H. The summed E-state index contributed by atoms with van der Waals surface area (Å²) in [6, 6.07) is 10.2. The molecule has 2 aromatic carbocycles. The first-order valence-corrected chi connectivity index (χ1v) is 7.10. The molecule has 0 unspecified atom stereocenters. The van der Waals surface area contributed by atoms with Gasteiger partial charge in [-0.15, -0.1) is 25.6 Å². The Hall–Kier alpha value is -1.92. The molecule has 0 radical (unpaired) electrons. The second kappa shape index (κ2) is 8.26. The summed E-state index contributed by atoms with van der Waals surface area (Å²) in [4.78, 5) is 0. The zero-order chi connectivity index (χ0) is 17.0. The molecular formula is C17H19ClF3NO2. The Kier molecular flexibility index (Phi) is 6.93. The summed E-state index contributed by atoms with van der Waals surface area (Å²) in [7, 11) is 0. The first kappa shape index (κ1) is 20.1. The number of benzene rings is 2. The molecule has 7 heteroatoms. The summed E-state index contributed by atoms with van der Waals surface area (Å²) in [6.45, 7) is 4.27. The molecule has 0 aromatic heterocycles. The zero-order valence-electron chi connectivity index (χ0n) is 13.3.